The van der Waals surface area contributed by atoms with E-state index in [0.717, 1.165) is 125 Å². The third-order valence-electron chi connectivity index (χ3n) is 21.0. The number of hydrogen-bond acceptors (Lipinski definition) is 22. The molecule has 16 aromatic rings. The van der Waals surface area contributed by atoms with Gasteiger partial charge in [0.05, 0.1) is 138 Å². The Bertz CT molecular complexity index is 5960. The first-order valence-electron chi connectivity index (χ1n) is 42.9. The van der Waals surface area contributed by atoms with Crippen LogP contribution in [0.5, 0.6) is 115 Å². The molecule has 0 amide bonds. The van der Waals surface area contributed by atoms with E-state index in [1.54, 1.807) is 187 Å². The lowest BCUT2D eigenvalue weighted by atomic mass is 9.78. The van der Waals surface area contributed by atoms with Crippen LogP contribution < -0.4 is 90.0 Å². The molecule has 16 rings (SSSR count). The maximum absolute atomic E-state index is 12.4. The predicted octanol–water partition coefficient (Wildman–Crippen LogP) is 25.5. The number of benzene rings is 16. The van der Waals surface area contributed by atoms with Crippen LogP contribution in [-0.2, 0) is 15.3 Å². The van der Waals surface area contributed by atoms with Gasteiger partial charge in [-0.25, -0.2) is 8.42 Å². The highest BCUT2D eigenvalue weighted by Crippen LogP contribution is 2.36. The topological polar surface area (TPSA) is 227 Å². The quantitative estimate of drug-likeness (QED) is 0.0436. The number of ketones is 1. The molecule has 0 spiro atoms. The summed E-state index contributed by atoms with van der Waals surface area (Å²) >= 11 is 0. The number of hydrogen-bond donors (Lipinski definition) is 0. The van der Waals surface area contributed by atoms with Gasteiger partial charge in [-0.05, 0) is 300 Å². The van der Waals surface area contributed by atoms with E-state index < -0.39 is 9.84 Å². The Morgan fingerprint density at radius 1 is 0.204 bits per heavy atom. The van der Waals surface area contributed by atoms with Gasteiger partial charge in [0, 0.05) is 33.4 Å². The molecule has 714 valence electrons. The van der Waals surface area contributed by atoms with E-state index in [4.69, 9.17) is 90.0 Å². The van der Waals surface area contributed by atoms with Gasteiger partial charge in [0.1, 0.15) is 115 Å². The fourth-order valence-electron chi connectivity index (χ4n) is 13.0. The van der Waals surface area contributed by atoms with Crippen molar-refractivity contribution in [3.63, 3.8) is 0 Å². The summed E-state index contributed by atoms with van der Waals surface area (Å²) in [5.74, 6) is 16.2. The van der Waals surface area contributed by atoms with Gasteiger partial charge in [-0.2, -0.15) is 0 Å². The largest absolute Gasteiger partial charge is 0.497 e. The van der Waals surface area contributed by atoms with Crippen LogP contribution in [0, 0.1) is 0 Å². The van der Waals surface area contributed by atoms with E-state index >= 15 is 0 Å². The summed E-state index contributed by atoms with van der Waals surface area (Å²) in [5.41, 5.74) is 6.10. The molecule has 0 unspecified atom stereocenters. The zero-order valence-electron chi connectivity index (χ0n) is 81.0. The van der Waals surface area contributed by atoms with E-state index in [1.165, 1.54) is 60.7 Å². The highest BCUT2D eigenvalue weighted by atomic mass is 32.2. The molecule has 0 radical (unpaired) electrons. The van der Waals surface area contributed by atoms with Gasteiger partial charge in [-0.1, -0.05) is 105 Å². The Labute approximate surface area is 805 Å². The number of rotatable bonds is 27. The standard InChI is InChI=1S/C17H20O2.C15H14O3.C14H14O4S.C14H14O3.C14H14O2.2C12H12O2.2C8H10O2/c1-17(2,13-5-9-15(18-3)10-6-13)14-7-11-16(19-4)12-8-14;1-17-13-7-3-11(4-8-13)15(16)12-5-9-14(18-2)10-6-12;1-17-11-3-7-13(8-4-11)19(15,16)14-9-5-12(18-2)6-10-14;1-15-11-3-7-13(8-4-11)17-14-9-5-12(16-2)6-10-14;1-15-13-7-3-11(4-8-13)12-5-9-14(16-2)10-6-12;1-13-11-7-3-6-10-9(11)5-4-8-12(10)14-2;1-13-11-5-3-10-8-12(14-2)6-4-9(10)7-11;1-9-7-3-5-8(10-2)6-4-7;1-9-7-4-3-5-8(6-7)10-2/h5-12H,1-4H3;3-10H,1-2H3;3-10H,1-2H3;3-10H,1-2H3;3-10H,1-2H3;2*3-8H,1-2H3;2*3-6H,1-2H3. The molecule has 16 aromatic carbocycles. The van der Waals surface area contributed by atoms with Crippen LogP contribution in [-0.4, -0.2) is 142 Å². The average molecular weight is 1870 g/mol. The molecule has 0 fully saturated rings. The molecule has 0 heterocycles. The Kier molecular flexibility index (Phi) is 43.4. The molecule has 0 saturated heterocycles. The lowest BCUT2D eigenvalue weighted by Crippen LogP contribution is -2.18. The molecule has 23 heteroatoms. The molecule has 0 aliphatic carbocycles. The maximum atomic E-state index is 12.4. The number of ether oxygens (including phenoxy) is 19. The molecular weight excluding hydrogens is 1750 g/mol. The van der Waals surface area contributed by atoms with Crippen LogP contribution in [0.2, 0.25) is 0 Å². The van der Waals surface area contributed by atoms with Crippen molar-refractivity contribution < 1.29 is 103 Å². The van der Waals surface area contributed by atoms with Gasteiger partial charge in [-0.3, -0.25) is 4.79 Å². The SMILES string of the molecule is COc1ccc(-c2ccc(OC)cc2)cc1.COc1ccc(C(=O)c2ccc(OC)cc2)cc1.COc1ccc(C(C)(C)c2ccc(OC)cc2)cc1.COc1ccc(OC)cc1.COc1ccc(Oc2ccc(OC)cc2)cc1.COc1ccc(S(=O)(=O)c2ccc(OC)cc2)cc1.COc1ccc2cc(OC)ccc2c1.COc1cccc(OC)c1.COc1cccc2c(OC)cccc12. The van der Waals surface area contributed by atoms with Crippen LogP contribution >= 0.6 is 0 Å². The Hall–Kier alpha value is -16.1. The van der Waals surface area contributed by atoms with Crippen molar-refractivity contribution >= 4 is 37.2 Å². The first-order valence-corrected chi connectivity index (χ1v) is 44.4. The first kappa shape index (κ1) is 106. The fourth-order valence-corrected chi connectivity index (χ4v) is 14.2. The molecule has 22 nitrogen and oxygen atoms in total. The Morgan fingerprint density at radius 3 is 0.657 bits per heavy atom. The molecule has 0 aliphatic rings. The third-order valence-corrected chi connectivity index (χ3v) is 22.8. The summed E-state index contributed by atoms with van der Waals surface area (Å²) in [7, 11) is 26.0. The second kappa shape index (κ2) is 56.0. The van der Waals surface area contributed by atoms with Gasteiger partial charge < -0.3 is 90.0 Å². The predicted molar refractivity (Wildman–Crippen MR) is 543 cm³/mol. The van der Waals surface area contributed by atoms with Gasteiger partial charge in [-0.15, -0.1) is 0 Å². The van der Waals surface area contributed by atoms with Gasteiger partial charge in [0.2, 0.25) is 9.84 Å². The molecule has 0 aliphatic heterocycles. The molecular formula is C114H120O22S. The second-order valence-electron chi connectivity index (χ2n) is 29.5. The number of carbonyl (C=O) groups is 1. The molecule has 0 saturated carbocycles. The van der Waals surface area contributed by atoms with Crippen molar-refractivity contribution in [1.29, 1.82) is 0 Å². The summed E-state index contributed by atoms with van der Waals surface area (Å²) in [6.07, 6.45) is 0. The van der Waals surface area contributed by atoms with E-state index in [2.05, 4.69) is 38.1 Å². The Morgan fingerprint density at radius 2 is 0.409 bits per heavy atom. The maximum Gasteiger partial charge on any atom is 0.206 e. The lowest BCUT2D eigenvalue weighted by Gasteiger charge is -2.26. The van der Waals surface area contributed by atoms with Crippen molar-refractivity contribution in [3.8, 4) is 126 Å². The molecule has 0 atom stereocenters. The molecule has 0 aromatic heterocycles. The average Bonchev–Trinajstić information content (AvgIpc) is 0.804. The van der Waals surface area contributed by atoms with Crippen molar-refractivity contribution in [2.24, 2.45) is 0 Å². The van der Waals surface area contributed by atoms with Crippen LogP contribution in [0.15, 0.2) is 374 Å². The summed E-state index contributed by atoms with van der Waals surface area (Å²) in [6, 6.07) is 113. The van der Waals surface area contributed by atoms with Crippen LogP contribution in [0.1, 0.15) is 40.9 Å². The molecule has 0 N–H and O–H groups in total. The minimum absolute atomic E-state index is 0.0136. The monoisotopic (exact) mass is 1870 g/mol. The van der Waals surface area contributed by atoms with E-state index in [-0.39, 0.29) is 21.0 Å². The van der Waals surface area contributed by atoms with Crippen LogP contribution in [0.3, 0.4) is 0 Å². The van der Waals surface area contributed by atoms with E-state index in [0.29, 0.717) is 22.6 Å². The number of fused-ring (bicyclic) bond motifs is 2. The number of methoxy groups -OCH3 is 18. The van der Waals surface area contributed by atoms with Crippen molar-refractivity contribution in [2.75, 3.05) is 128 Å². The van der Waals surface area contributed by atoms with Gasteiger partial charge in [0.25, 0.3) is 0 Å². The summed E-state index contributed by atoms with van der Waals surface area (Å²) in [5, 5.41) is 4.47. The summed E-state index contributed by atoms with van der Waals surface area (Å²) in [4.78, 5) is 12.6. The van der Waals surface area contributed by atoms with Gasteiger partial charge in [0.15, 0.2) is 5.78 Å². The van der Waals surface area contributed by atoms with Crippen molar-refractivity contribution in [2.45, 2.75) is 29.1 Å². The second-order valence-corrected chi connectivity index (χ2v) is 31.4. The van der Waals surface area contributed by atoms with E-state index in [1.807, 2.05) is 243 Å². The minimum Gasteiger partial charge on any atom is -0.497 e. The lowest BCUT2D eigenvalue weighted by molar-refractivity contribution is 0.103. The summed E-state index contributed by atoms with van der Waals surface area (Å²) < 4.78 is 122. The summed E-state index contributed by atoms with van der Waals surface area (Å²) in [6.45, 7) is 4.44. The van der Waals surface area contributed by atoms with Crippen molar-refractivity contribution in [1.82, 2.24) is 0 Å². The highest BCUT2D eigenvalue weighted by molar-refractivity contribution is 7.91. The highest BCUT2D eigenvalue weighted by Gasteiger charge is 2.24. The molecule has 0 bridgehead atoms. The van der Waals surface area contributed by atoms with E-state index in [9.17, 15) is 13.2 Å². The molecule has 137 heavy (non-hydrogen) atoms. The van der Waals surface area contributed by atoms with Gasteiger partial charge >= 0.3 is 0 Å². The number of sulfone groups is 1. The zero-order chi connectivity index (χ0) is 98.9. The van der Waals surface area contributed by atoms with Crippen molar-refractivity contribution in [3.05, 3.63) is 386 Å². The van der Waals surface area contributed by atoms with Crippen LogP contribution in [0.4, 0.5) is 0 Å². The number of carbonyl (C=O) groups excluding carboxylic acids is 1. The smallest absolute Gasteiger partial charge is 0.206 e. The minimum atomic E-state index is -3.50. The zero-order valence-corrected chi connectivity index (χ0v) is 81.8. The first-order chi connectivity index (χ1) is 66.5. The normalized spacial score (nSPS) is 10.1. The van der Waals surface area contributed by atoms with Crippen LogP contribution in [0.25, 0.3) is 32.7 Å². The third kappa shape index (κ3) is 32.6. The fraction of sp³-hybridized carbons (Fsp3) is 0.184. The Balaban J connectivity index is 0.000000190.